The minimum atomic E-state index is -3.77. The van der Waals surface area contributed by atoms with Crippen LogP contribution in [0.2, 0.25) is 0 Å². The van der Waals surface area contributed by atoms with Gasteiger partial charge in [-0.25, -0.2) is 16.8 Å². The van der Waals surface area contributed by atoms with Crippen molar-refractivity contribution >= 4 is 78.1 Å². The number of nitrogens with zero attached hydrogens (tertiary/aromatic N) is 2. The number of fused-ring (bicyclic) bond motifs is 4. The zero-order chi connectivity index (χ0) is 46.1. The summed E-state index contributed by atoms with van der Waals surface area (Å²) in [5.41, 5.74) is 16.9. The molecule has 0 saturated carbocycles. The van der Waals surface area contributed by atoms with Crippen LogP contribution in [0.3, 0.4) is 0 Å². The molecule has 0 N–H and O–H groups in total. The predicted molar refractivity (Wildman–Crippen MR) is 271 cm³/mol. The van der Waals surface area contributed by atoms with Gasteiger partial charge in [0.1, 0.15) is 0 Å². The topological polar surface area (TPSA) is 74.8 Å². The molecule has 2 heterocycles. The molecule has 326 valence electrons. The number of anilines is 6. The van der Waals surface area contributed by atoms with Crippen LogP contribution in [0.5, 0.6) is 0 Å². The molecule has 66 heavy (non-hydrogen) atoms. The van der Waals surface area contributed by atoms with E-state index in [0.29, 0.717) is 32.5 Å². The zero-order valence-corrected chi connectivity index (χ0v) is 39.3. The Balaban J connectivity index is 0.875. The first-order chi connectivity index (χ1) is 31.7. The second kappa shape index (κ2) is 16.3. The second-order valence-corrected chi connectivity index (χ2v) is 21.2. The van der Waals surface area contributed by atoms with Crippen molar-refractivity contribution in [1.29, 1.82) is 0 Å². The van der Waals surface area contributed by atoms with Crippen LogP contribution in [0, 0.1) is 41.5 Å². The molecule has 6 nitrogen and oxygen atoms in total. The zero-order valence-electron chi connectivity index (χ0n) is 37.7. The van der Waals surface area contributed by atoms with Crippen molar-refractivity contribution < 1.29 is 16.8 Å². The third-order valence-corrected chi connectivity index (χ3v) is 16.3. The number of benzene rings is 8. The number of rotatable bonds is 7. The second-order valence-electron chi connectivity index (χ2n) is 17.5. The van der Waals surface area contributed by atoms with Crippen molar-refractivity contribution in [3.63, 3.8) is 0 Å². The number of hydrogen-bond donors (Lipinski definition) is 0. The first kappa shape index (κ1) is 42.7. The van der Waals surface area contributed by atoms with E-state index in [0.717, 1.165) is 78.1 Å². The van der Waals surface area contributed by atoms with Gasteiger partial charge < -0.3 is 9.80 Å². The van der Waals surface area contributed by atoms with Crippen LogP contribution in [-0.2, 0) is 19.7 Å². The van der Waals surface area contributed by atoms with Crippen molar-refractivity contribution in [2.24, 2.45) is 0 Å². The summed E-state index contributed by atoms with van der Waals surface area (Å²) in [5.74, 6) is 0. The van der Waals surface area contributed by atoms with Gasteiger partial charge in [0, 0.05) is 0 Å². The van der Waals surface area contributed by atoms with Crippen molar-refractivity contribution in [2.45, 2.75) is 61.1 Å². The summed E-state index contributed by atoms with van der Waals surface area (Å²) in [4.78, 5) is 5.35. The van der Waals surface area contributed by atoms with Gasteiger partial charge in [0.2, 0.25) is 19.7 Å². The highest BCUT2D eigenvalue weighted by Gasteiger charge is 2.37. The SMILES string of the molecule is Cc1cc(C)c(N2c3ccccc3S(=O)(=O)c3cc(C=Cc4ccc(-c5ccc(C=Cc6ccc7c(c6)S(=O)(=O)c6ccccc6N7c6c(C)cc(C)cc6C)cc5)cc4)ccc32)c(C)c1. The normalized spacial score (nSPS) is 14.5. The van der Waals surface area contributed by atoms with E-state index in [1.54, 1.807) is 36.4 Å². The molecule has 0 fully saturated rings. The lowest BCUT2D eigenvalue weighted by atomic mass is 10.0. The fraction of sp³-hybridized carbons (Fsp3) is 0.103. The van der Waals surface area contributed by atoms with E-state index in [-0.39, 0.29) is 9.79 Å². The fourth-order valence-corrected chi connectivity index (χ4v) is 13.1. The Morgan fingerprint density at radius 3 is 1.00 bits per heavy atom. The molecule has 0 aliphatic carbocycles. The van der Waals surface area contributed by atoms with Crippen molar-refractivity contribution in [2.75, 3.05) is 9.80 Å². The average molecular weight is 901 g/mol. The van der Waals surface area contributed by atoms with Gasteiger partial charge in [-0.2, -0.15) is 0 Å². The summed E-state index contributed by atoms with van der Waals surface area (Å²) < 4.78 is 56.5. The maximum absolute atomic E-state index is 14.1. The lowest BCUT2D eigenvalue weighted by Crippen LogP contribution is -2.23. The monoisotopic (exact) mass is 900 g/mol. The smallest absolute Gasteiger partial charge is 0.210 e. The highest BCUT2D eigenvalue weighted by atomic mass is 32.2. The molecule has 2 aliphatic rings. The van der Waals surface area contributed by atoms with Gasteiger partial charge in [0.15, 0.2) is 0 Å². The minimum absolute atomic E-state index is 0.286. The van der Waals surface area contributed by atoms with E-state index in [2.05, 4.69) is 124 Å². The quantitative estimate of drug-likeness (QED) is 0.148. The van der Waals surface area contributed by atoms with Gasteiger partial charge in [-0.3, -0.25) is 0 Å². The van der Waals surface area contributed by atoms with E-state index in [1.807, 2.05) is 72.8 Å². The van der Waals surface area contributed by atoms with Gasteiger partial charge in [-0.05, 0) is 146 Å². The molecular weight excluding hydrogens is 853 g/mol. The number of para-hydroxylation sites is 2. The lowest BCUT2D eigenvalue weighted by molar-refractivity contribution is 0.593. The summed E-state index contributed by atoms with van der Waals surface area (Å²) in [7, 11) is -7.55. The van der Waals surface area contributed by atoms with E-state index < -0.39 is 19.7 Å². The fourth-order valence-electron chi connectivity index (χ4n) is 9.79. The van der Waals surface area contributed by atoms with E-state index in [1.165, 1.54) is 0 Å². The molecule has 2 aliphatic heterocycles. The van der Waals surface area contributed by atoms with Crippen LogP contribution >= 0.6 is 0 Å². The molecule has 0 bridgehead atoms. The van der Waals surface area contributed by atoms with Gasteiger partial charge in [-0.1, -0.05) is 145 Å². The summed E-state index contributed by atoms with van der Waals surface area (Å²) in [5, 5.41) is 0. The molecule has 10 rings (SSSR count). The molecular formula is C58H48N2O4S2. The van der Waals surface area contributed by atoms with E-state index >= 15 is 0 Å². The van der Waals surface area contributed by atoms with Gasteiger partial charge in [0.05, 0.1) is 53.7 Å². The van der Waals surface area contributed by atoms with Crippen molar-refractivity contribution in [3.8, 4) is 11.1 Å². The maximum Gasteiger partial charge on any atom is 0.210 e. The van der Waals surface area contributed by atoms with Gasteiger partial charge in [0.25, 0.3) is 0 Å². The summed E-state index contributed by atoms with van der Waals surface area (Å²) in [6, 6.07) is 50.9. The molecule has 0 saturated heterocycles. The number of aryl methyl sites for hydroxylation is 6. The maximum atomic E-state index is 14.1. The first-order valence-corrected chi connectivity index (χ1v) is 24.9. The van der Waals surface area contributed by atoms with Gasteiger partial charge in [-0.15, -0.1) is 0 Å². The molecule has 0 unspecified atom stereocenters. The van der Waals surface area contributed by atoms with Crippen molar-refractivity contribution in [3.05, 3.63) is 213 Å². The van der Waals surface area contributed by atoms with Crippen LogP contribution < -0.4 is 9.80 Å². The Morgan fingerprint density at radius 2 is 0.636 bits per heavy atom. The van der Waals surface area contributed by atoms with E-state index in [4.69, 9.17) is 0 Å². The minimum Gasteiger partial charge on any atom is -0.307 e. The lowest BCUT2D eigenvalue weighted by Gasteiger charge is -2.35. The Morgan fingerprint density at radius 1 is 0.333 bits per heavy atom. The third-order valence-electron chi connectivity index (χ3n) is 12.6. The Kier molecular flexibility index (Phi) is 10.6. The summed E-state index contributed by atoms with van der Waals surface area (Å²) >= 11 is 0. The molecule has 8 aromatic rings. The summed E-state index contributed by atoms with van der Waals surface area (Å²) in [6.45, 7) is 12.5. The molecule has 0 radical (unpaired) electrons. The molecule has 0 aromatic heterocycles. The molecule has 8 heteroatoms. The highest BCUT2D eigenvalue weighted by molar-refractivity contribution is 7.92. The molecule has 0 spiro atoms. The molecule has 0 amide bonds. The first-order valence-electron chi connectivity index (χ1n) is 22.0. The largest absolute Gasteiger partial charge is 0.307 e. The molecule has 8 aromatic carbocycles. The Bertz CT molecular complexity index is 3290. The van der Waals surface area contributed by atoms with Crippen LogP contribution in [-0.4, -0.2) is 16.8 Å². The van der Waals surface area contributed by atoms with Crippen LogP contribution in [0.1, 0.15) is 55.6 Å². The standard InChI is InChI=1S/C58H48N2O4S2/c1-37-31-39(3)57(40(4)32-37)59-49-11-7-9-13-53(49)65(61,62)55-35-45(23-29-51(55)59)17-15-43-19-25-47(26-20-43)48-27-21-44(22-28-48)16-18-46-24-30-52-56(36-46)66(63,64)54-14-10-8-12-50(54)60(52)58-41(5)33-38(2)34-42(58)6/h7-36H,1-6H3. The van der Waals surface area contributed by atoms with E-state index in [9.17, 15) is 16.8 Å². The third kappa shape index (κ3) is 7.36. The van der Waals surface area contributed by atoms with Crippen molar-refractivity contribution in [1.82, 2.24) is 0 Å². The number of hydrogen-bond acceptors (Lipinski definition) is 6. The van der Waals surface area contributed by atoms with Gasteiger partial charge >= 0.3 is 0 Å². The highest BCUT2D eigenvalue weighted by Crippen LogP contribution is 2.52. The van der Waals surface area contributed by atoms with Crippen LogP contribution in [0.25, 0.3) is 35.4 Å². The molecule has 0 atom stereocenters. The van der Waals surface area contributed by atoms with Crippen LogP contribution in [0.15, 0.2) is 177 Å². The Hall–Kier alpha value is -7.26. The summed E-state index contributed by atoms with van der Waals surface area (Å²) in [6.07, 6.45) is 7.92. The Labute approximate surface area is 388 Å². The van der Waals surface area contributed by atoms with Crippen LogP contribution in [0.4, 0.5) is 34.1 Å². The average Bonchev–Trinajstić information content (AvgIpc) is 3.30. The predicted octanol–water partition coefficient (Wildman–Crippen LogP) is 14.8. The number of sulfone groups is 2.